The van der Waals surface area contributed by atoms with Gasteiger partial charge in [0.15, 0.2) is 0 Å². The fraction of sp³-hybridized carbons (Fsp3) is 0.250. The molecule has 4 rings (SSSR count). The third kappa shape index (κ3) is 5.79. The van der Waals surface area contributed by atoms with Crippen LogP contribution in [0, 0.1) is 0 Å². The summed E-state index contributed by atoms with van der Waals surface area (Å²) in [5, 5.41) is 3.86. The molecule has 1 saturated heterocycles. The minimum Gasteiger partial charge on any atom is -0.350 e. The maximum absolute atomic E-state index is 12.3. The number of nitrogens with zero attached hydrogens (tertiary/aromatic N) is 2. The fourth-order valence-electron chi connectivity index (χ4n) is 3.60. The van der Waals surface area contributed by atoms with E-state index in [1.165, 1.54) is 0 Å². The highest BCUT2D eigenvalue weighted by atomic mass is 35.5. The quantitative estimate of drug-likeness (QED) is 0.535. The van der Waals surface area contributed by atoms with Gasteiger partial charge in [-0.3, -0.25) is 14.7 Å². The zero-order valence-electron chi connectivity index (χ0n) is 16.6. The van der Waals surface area contributed by atoms with Gasteiger partial charge in [0.1, 0.15) is 0 Å². The summed E-state index contributed by atoms with van der Waals surface area (Å²) < 4.78 is 0. The van der Waals surface area contributed by atoms with E-state index < -0.39 is 0 Å². The van der Waals surface area contributed by atoms with Crippen LogP contribution in [0.15, 0.2) is 66.9 Å². The summed E-state index contributed by atoms with van der Waals surface area (Å²) in [4.78, 5) is 21.3. The molecule has 0 spiro atoms. The number of hydrogen-bond donors (Lipinski definition) is 1. The molecule has 0 bridgehead atoms. The number of carbonyl (C=O) groups is 1. The summed E-state index contributed by atoms with van der Waals surface area (Å²) in [6.07, 6.45) is 7.27. The van der Waals surface area contributed by atoms with E-state index in [4.69, 9.17) is 11.6 Å². The van der Waals surface area contributed by atoms with Gasteiger partial charge in [0.05, 0.1) is 5.69 Å². The van der Waals surface area contributed by atoms with Crippen molar-refractivity contribution in [3.63, 3.8) is 0 Å². The lowest BCUT2D eigenvalue weighted by Crippen LogP contribution is -2.43. The number of halogens is 1. The smallest absolute Gasteiger partial charge is 0.244 e. The highest BCUT2D eigenvalue weighted by Crippen LogP contribution is 2.30. The van der Waals surface area contributed by atoms with Crippen molar-refractivity contribution >= 4 is 34.9 Å². The second-order valence-electron chi connectivity index (χ2n) is 7.43. The van der Waals surface area contributed by atoms with Crippen LogP contribution in [0.1, 0.15) is 23.4 Å². The first-order valence-corrected chi connectivity index (χ1v) is 11.3. The van der Waals surface area contributed by atoms with Crippen molar-refractivity contribution in [3.05, 3.63) is 82.5 Å². The predicted octanol–water partition coefficient (Wildman–Crippen LogP) is 5.26. The maximum atomic E-state index is 12.3. The third-order valence-electron chi connectivity index (χ3n) is 5.18. The molecule has 1 fully saturated rings. The fourth-order valence-corrected chi connectivity index (χ4v) is 4.70. The summed E-state index contributed by atoms with van der Waals surface area (Å²) in [7, 11) is 0. The van der Waals surface area contributed by atoms with E-state index in [9.17, 15) is 4.79 Å². The lowest BCUT2D eigenvalue weighted by Gasteiger charge is -2.31. The van der Waals surface area contributed by atoms with E-state index in [0.29, 0.717) is 0 Å². The van der Waals surface area contributed by atoms with E-state index in [2.05, 4.69) is 27.3 Å². The molecule has 154 valence electrons. The van der Waals surface area contributed by atoms with Crippen LogP contribution < -0.4 is 5.32 Å². The molecule has 1 N–H and O–H groups in total. The van der Waals surface area contributed by atoms with Crippen molar-refractivity contribution in [3.8, 4) is 10.4 Å². The van der Waals surface area contributed by atoms with Gasteiger partial charge >= 0.3 is 0 Å². The maximum Gasteiger partial charge on any atom is 0.244 e. The Bertz CT molecular complexity index is 1010. The molecule has 3 heterocycles. The summed E-state index contributed by atoms with van der Waals surface area (Å²) in [5.74, 6) is -0.0316. The Kier molecular flexibility index (Phi) is 6.95. The van der Waals surface area contributed by atoms with Crippen LogP contribution in [-0.2, 0) is 11.3 Å². The Morgan fingerprint density at radius 2 is 2.03 bits per heavy atom. The number of amides is 1. The Labute approximate surface area is 186 Å². The molecule has 30 heavy (non-hydrogen) atoms. The Hall–Kier alpha value is -2.47. The Morgan fingerprint density at radius 1 is 1.17 bits per heavy atom. The average molecular weight is 438 g/mol. The highest BCUT2D eigenvalue weighted by molar-refractivity contribution is 7.16. The van der Waals surface area contributed by atoms with Crippen LogP contribution >= 0.6 is 22.9 Å². The molecule has 0 unspecified atom stereocenters. The van der Waals surface area contributed by atoms with Gasteiger partial charge in [-0.05, 0) is 60.9 Å². The number of rotatable bonds is 6. The van der Waals surface area contributed by atoms with Crippen LogP contribution in [0.4, 0.5) is 0 Å². The number of likely N-dealkylation sites (tertiary alicyclic amines) is 1. The number of thiophene rings is 1. The van der Waals surface area contributed by atoms with Crippen LogP contribution in [0.2, 0.25) is 5.02 Å². The summed E-state index contributed by atoms with van der Waals surface area (Å²) in [6, 6.07) is 18.1. The largest absolute Gasteiger partial charge is 0.350 e. The predicted molar refractivity (Wildman–Crippen MR) is 124 cm³/mol. The van der Waals surface area contributed by atoms with Gasteiger partial charge in [-0.25, -0.2) is 0 Å². The molecule has 2 aromatic heterocycles. The number of aromatic nitrogens is 1. The van der Waals surface area contributed by atoms with E-state index in [1.807, 2.05) is 54.7 Å². The SMILES string of the molecule is O=C(C=Cc1ccc(-c2cccc(Cl)c2)s1)NC1CCN(Cc2ccccn2)CC1. The van der Waals surface area contributed by atoms with E-state index in [-0.39, 0.29) is 11.9 Å². The van der Waals surface area contributed by atoms with Gasteiger partial charge in [0.2, 0.25) is 5.91 Å². The van der Waals surface area contributed by atoms with Crippen molar-refractivity contribution in [2.45, 2.75) is 25.4 Å². The molecule has 1 aliphatic heterocycles. The molecule has 4 nitrogen and oxygen atoms in total. The van der Waals surface area contributed by atoms with Gasteiger partial charge in [0.25, 0.3) is 0 Å². The summed E-state index contributed by atoms with van der Waals surface area (Å²) in [5.41, 5.74) is 2.19. The number of carbonyl (C=O) groups excluding carboxylic acids is 1. The minimum absolute atomic E-state index is 0.0316. The summed E-state index contributed by atoms with van der Waals surface area (Å²) >= 11 is 7.72. The van der Waals surface area contributed by atoms with Gasteiger partial charge in [0, 0.05) is 52.7 Å². The van der Waals surface area contributed by atoms with E-state index in [0.717, 1.165) is 58.5 Å². The first kappa shape index (κ1) is 20.8. The number of hydrogen-bond acceptors (Lipinski definition) is 4. The van der Waals surface area contributed by atoms with Crippen molar-refractivity contribution in [2.24, 2.45) is 0 Å². The number of nitrogens with one attached hydrogen (secondary N) is 1. The van der Waals surface area contributed by atoms with Crippen LogP contribution in [0.3, 0.4) is 0 Å². The van der Waals surface area contributed by atoms with E-state index >= 15 is 0 Å². The second-order valence-corrected chi connectivity index (χ2v) is 8.98. The second kappa shape index (κ2) is 10.0. The van der Waals surface area contributed by atoms with Crippen LogP contribution in [0.5, 0.6) is 0 Å². The Morgan fingerprint density at radius 3 is 2.80 bits per heavy atom. The van der Waals surface area contributed by atoms with Gasteiger partial charge in [-0.15, -0.1) is 11.3 Å². The third-order valence-corrected chi connectivity index (χ3v) is 6.52. The number of piperidine rings is 1. The zero-order chi connectivity index (χ0) is 20.8. The molecule has 1 aliphatic rings. The monoisotopic (exact) mass is 437 g/mol. The van der Waals surface area contributed by atoms with Gasteiger partial charge in [-0.1, -0.05) is 29.8 Å². The first-order chi connectivity index (χ1) is 14.7. The molecule has 0 saturated carbocycles. The molecular weight excluding hydrogens is 414 g/mol. The molecule has 6 heteroatoms. The Balaban J connectivity index is 1.25. The van der Waals surface area contributed by atoms with E-state index in [1.54, 1.807) is 17.4 Å². The van der Waals surface area contributed by atoms with Gasteiger partial charge in [-0.2, -0.15) is 0 Å². The first-order valence-electron chi connectivity index (χ1n) is 10.1. The van der Waals surface area contributed by atoms with Crippen LogP contribution in [0.25, 0.3) is 16.5 Å². The van der Waals surface area contributed by atoms with Gasteiger partial charge < -0.3 is 5.32 Å². The van der Waals surface area contributed by atoms with Crippen molar-refractivity contribution in [1.29, 1.82) is 0 Å². The van der Waals surface area contributed by atoms with Crippen LogP contribution in [-0.4, -0.2) is 34.9 Å². The molecule has 1 amide bonds. The van der Waals surface area contributed by atoms with Crippen molar-refractivity contribution in [1.82, 2.24) is 15.2 Å². The molecule has 3 aromatic rings. The highest BCUT2D eigenvalue weighted by Gasteiger charge is 2.20. The molecule has 0 atom stereocenters. The zero-order valence-corrected chi connectivity index (χ0v) is 18.2. The topological polar surface area (TPSA) is 45.2 Å². The van der Waals surface area contributed by atoms with Crippen molar-refractivity contribution in [2.75, 3.05) is 13.1 Å². The number of benzene rings is 1. The molecule has 1 aromatic carbocycles. The lowest BCUT2D eigenvalue weighted by atomic mass is 10.0. The summed E-state index contributed by atoms with van der Waals surface area (Å²) in [6.45, 7) is 2.81. The molecular formula is C24H24ClN3OS. The minimum atomic E-state index is -0.0316. The lowest BCUT2D eigenvalue weighted by molar-refractivity contribution is -0.117. The standard InChI is InChI=1S/C24H24ClN3OS/c25-19-5-3-4-18(16-19)23-9-7-22(30-23)8-10-24(29)27-20-11-14-28(15-12-20)17-21-6-1-2-13-26-21/h1-10,13,16,20H,11-12,14-15,17H2,(H,27,29). The normalized spacial score (nSPS) is 15.5. The number of pyridine rings is 1. The molecule has 0 aliphatic carbocycles. The van der Waals surface area contributed by atoms with Crippen molar-refractivity contribution < 1.29 is 4.79 Å². The molecule has 0 radical (unpaired) electrons. The average Bonchev–Trinajstić information content (AvgIpc) is 3.24.